The number of nitrogens with one attached hydrogen (secondary N) is 1. The lowest BCUT2D eigenvalue weighted by molar-refractivity contribution is -0.117. The third kappa shape index (κ3) is 4.47. The van der Waals surface area contributed by atoms with Gasteiger partial charge < -0.3 is 0 Å². The van der Waals surface area contributed by atoms with E-state index in [1.54, 1.807) is 19.1 Å². The number of aromatic nitrogens is 4. The number of nitrogens with zero attached hydrogens (tertiary/aromatic N) is 4. The van der Waals surface area contributed by atoms with Crippen LogP contribution in [-0.2, 0) is 21.4 Å². The number of Topliss-reactive ketones (excluding diaryl/α,β-unsaturated/α-hetero) is 1. The predicted octanol–water partition coefficient (Wildman–Crippen LogP) is 1.20. The van der Waals surface area contributed by atoms with Crippen molar-refractivity contribution in [2.75, 3.05) is 13.6 Å². The molecule has 9 nitrogen and oxygen atoms in total. The molecule has 28 heavy (non-hydrogen) atoms. The molecule has 1 aromatic heterocycles. The second-order valence-electron chi connectivity index (χ2n) is 6.53. The Morgan fingerprint density at radius 2 is 1.89 bits per heavy atom. The first-order valence-corrected chi connectivity index (χ1v) is 9.97. The van der Waals surface area contributed by atoms with E-state index in [0.29, 0.717) is 24.2 Å². The zero-order valence-corrected chi connectivity index (χ0v) is 16.3. The fourth-order valence-electron chi connectivity index (χ4n) is 3.04. The highest BCUT2D eigenvalue weighted by Gasteiger charge is 2.22. The fraction of sp³-hybridized carbons (Fsp3) is 0.222. The number of carbonyl (C=O) groups is 1. The van der Waals surface area contributed by atoms with Crippen molar-refractivity contribution in [1.29, 1.82) is 0 Å². The lowest BCUT2D eigenvalue weighted by Crippen LogP contribution is -2.23. The van der Waals surface area contributed by atoms with Crippen LogP contribution in [0, 0.1) is 0 Å². The van der Waals surface area contributed by atoms with Gasteiger partial charge in [-0.15, -0.1) is 10.2 Å². The third-order valence-corrected chi connectivity index (χ3v) is 5.06. The number of primary sulfonamides is 1. The lowest BCUT2D eigenvalue weighted by atomic mass is 9.98. The summed E-state index contributed by atoms with van der Waals surface area (Å²) in [5.41, 5.74) is 2.72. The van der Waals surface area contributed by atoms with Crippen LogP contribution in [0.1, 0.15) is 12.5 Å². The van der Waals surface area contributed by atoms with Gasteiger partial charge in [-0.1, -0.05) is 36.4 Å². The van der Waals surface area contributed by atoms with E-state index in [-0.39, 0.29) is 16.5 Å². The highest BCUT2D eigenvalue weighted by molar-refractivity contribution is 7.89. The van der Waals surface area contributed by atoms with Gasteiger partial charge in [-0.05, 0) is 41.9 Å². The van der Waals surface area contributed by atoms with Crippen LogP contribution < -0.4 is 5.14 Å². The van der Waals surface area contributed by atoms with Gasteiger partial charge in [0, 0.05) is 6.54 Å². The molecule has 10 heteroatoms. The molecule has 0 amide bonds. The van der Waals surface area contributed by atoms with Crippen molar-refractivity contribution >= 4 is 15.8 Å². The van der Waals surface area contributed by atoms with Gasteiger partial charge in [0.15, 0.2) is 0 Å². The van der Waals surface area contributed by atoms with E-state index in [4.69, 9.17) is 5.14 Å². The standard InChI is InChI=1S/C18H20N6O3S/c1-12(25)10-24(2)11-13-6-8-14(9-7-13)15-4-3-5-16(28(19,26)27)17(15)18-20-22-23-21-18/h3-9H,10-11H2,1-2H3,(H2,19,26,27)(H,20,21,22,23). The molecule has 0 fully saturated rings. The SMILES string of the molecule is CC(=O)CN(C)Cc1ccc(-c2cccc(S(N)(=O)=O)c2-c2nn[nH]n2)cc1. The van der Waals surface area contributed by atoms with Crippen LogP contribution in [0.3, 0.4) is 0 Å². The number of nitrogens with two attached hydrogens (primary N) is 1. The van der Waals surface area contributed by atoms with E-state index in [9.17, 15) is 13.2 Å². The van der Waals surface area contributed by atoms with Crippen molar-refractivity contribution in [3.63, 3.8) is 0 Å². The van der Waals surface area contributed by atoms with Crippen LogP contribution >= 0.6 is 0 Å². The highest BCUT2D eigenvalue weighted by atomic mass is 32.2. The number of sulfonamides is 1. The van der Waals surface area contributed by atoms with Crippen LogP contribution in [0.25, 0.3) is 22.5 Å². The van der Waals surface area contributed by atoms with Crippen LogP contribution in [0.2, 0.25) is 0 Å². The van der Waals surface area contributed by atoms with Gasteiger partial charge in [-0.3, -0.25) is 9.69 Å². The average Bonchev–Trinajstić information content (AvgIpc) is 3.14. The minimum Gasteiger partial charge on any atom is -0.299 e. The van der Waals surface area contributed by atoms with Gasteiger partial charge >= 0.3 is 0 Å². The number of hydrogen-bond donors (Lipinski definition) is 2. The molecule has 0 aliphatic carbocycles. The summed E-state index contributed by atoms with van der Waals surface area (Å²) in [6.45, 7) is 2.55. The number of likely N-dealkylation sites (N-methyl/N-ethyl adjacent to an activating group) is 1. The van der Waals surface area contributed by atoms with Crippen LogP contribution in [0.15, 0.2) is 47.4 Å². The summed E-state index contributed by atoms with van der Waals surface area (Å²) in [4.78, 5) is 13.1. The normalized spacial score (nSPS) is 11.7. The smallest absolute Gasteiger partial charge is 0.238 e. The first-order chi connectivity index (χ1) is 13.3. The summed E-state index contributed by atoms with van der Waals surface area (Å²) in [7, 11) is -2.11. The Balaban J connectivity index is 2.01. The molecule has 3 aromatic rings. The number of aromatic amines is 1. The van der Waals surface area contributed by atoms with Gasteiger partial charge in [0.05, 0.1) is 17.0 Å². The van der Waals surface area contributed by atoms with Crippen molar-refractivity contribution in [1.82, 2.24) is 25.5 Å². The number of ketones is 1. The van der Waals surface area contributed by atoms with E-state index in [0.717, 1.165) is 11.1 Å². The summed E-state index contributed by atoms with van der Waals surface area (Å²) < 4.78 is 24.1. The van der Waals surface area contributed by atoms with Crippen molar-refractivity contribution in [3.05, 3.63) is 48.0 Å². The van der Waals surface area contributed by atoms with Crippen LogP contribution in [0.4, 0.5) is 0 Å². The molecule has 0 saturated heterocycles. The second kappa shape index (κ2) is 7.97. The Morgan fingerprint density at radius 3 is 2.46 bits per heavy atom. The number of tetrazole rings is 1. The van der Waals surface area contributed by atoms with Gasteiger partial charge in [0.25, 0.3) is 0 Å². The number of hydrogen-bond acceptors (Lipinski definition) is 7. The van der Waals surface area contributed by atoms with Gasteiger partial charge in [-0.2, -0.15) is 5.21 Å². The van der Waals surface area contributed by atoms with Crippen molar-refractivity contribution < 1.29 is 13.2 Å². The van der Waals surface area contributed by atoms with E-state index in [1.165, 1.54) is 6.07 Å². The third-order valence-electron chi connectivity index (χ3n) is 4.11. The molecule has 0 radical (unpaired) electrons. The van der Waals surface area contributed by atoms with Crippen LogP contribution in [0.5, 0.6) is 0 Å². The predicted molar refractivity (Wildman–Crippen MR) is 103 cm³/mol. The van der Waals surface area contributed by atoms with Gasteiger partial charge in [-0.25, -0.2) is 13.6 Å². The Labute approximate surface area is 162 Å². The average molecular weight is 400 g/mol. The number of rotatable bonds is 7. The van der Waals surface area contributed by atoms with Crippen LogP contribution in [-0.4, -0.2) is 53.3 Å². The molecule has 0 aliphatic heterocycles. The summed E-state index contributed by atoms with van der Waals surface area (Å²) in [5, 5.41) is 19.1. The van der Waals surface area contributed by atoms with Crippen molar-refractivity contribution in [2.45, 2.75) is 18.4 Å². The first-order valence-electron chi connectivity index (χ1n) is 8.42. The fourth-order valence-corrected chi connectivity index (χ4v) is 3.80. The Morgan fingerprint density at radius 1 is 1.18 bits per heavy atom. The number of carbonyl (C=O) groups excluding carboxylic acids is 1. The van der Waals surface area contributed by atoms with Crippen molar-refractivity contribution in [2.24, 2.45) is 5.14 Å². The summed E-state index contributed by atoms with van der Waals surface area (Å²) in [6.07, 6.45) is 0. The molecule has 146 valence electrons. The molecule has 0 spiro atoms. The van der Waals surface area contributed by atoms with Crippen molar-refractivity contribution in [3.8, 4) is 22.5 Å². The molecule has 3 N–H and O–H groups in total. The number of H-pyrrole nitrogens is 1. The maximum absolute atomic E-state index is 12.1. The Kier molecular flexibility index (Phi) is 5.63. The summed E-state index contributed by atoms with van der Waals surface area (Å²) in [6, 6.07) is 12.4. The number of benzene rings is 2. The van der Waals surface area contributed by atoms with Gasteiger partial charge in [0.1, 0.15) is 5.78 Å². The second-order valence-corrected chi connectivity index (χ2v) is 8.06. The lowest BCUT2D eigenvalue weighted by Gasteiger charge is -2.15. The van der Waals surface area contributed by atoms with E-state index in [2.05, 4.69) is 20.6 Å². The molecule has 0 unspecified atom stereocenters. The quantitative estimate of drug-likeness (QED) is 0.608. The molecule has 0 atom stereocenters. The molecule has 3 rings (SSSR count). The molecule has 0 saturated carbocycles. The maximum Gasteiger partial charge on any atom is 0.238 e. The topological polar surface area (TPSA) is 135 Å². The minimum atomic E-state index is -3.99. The van der Waals surface area contributed by atoms with E-state index >= 15 is 0 Å². The molecule has 0 aliphatic rings. The molecule has 1 heterocycles. The highest BCUT2D eigenvalue weighted by Crippen LogP contribution is 2.34. The minimum absolute atomic E-state index is 0.0725. The first kappa shape index (κ1) is 19.8. The van der Waals surface area contributed by atoms with E-state index in [1.807, 2.05) is 36.2 Å². The molecular formula is C18H20N6O3S. The maximum atomic E-state index is 12.1. The Hall–Kier alpha value is -2.95. The zero-order chi connectivity index (χ0) is 20.3. The Bertz CT molecular complexity index is 1080. The molecule has 2 aromatic carbocycles. The zero-order valence-electron chi connectivity index (χ0n) is 15.5. The monoisotopic (exact) mass is 400 g/mol. The summed E-state index contributed by atoms with van der Waals surface area (Å²) in [5.74, 6) is 0.244. The molecular weight excluding hydrogens is 380 g/mol. The van der Waals surface area contributed by atoms with E-state index < -0.39 is 10.0 Å². The largest absolute Gasteiger partial charge is 0.299 e. The van der Waals surface area contributed by atoms with Gasteiger partial charge in [0.2, 0.25) is 15.8 Å². The summed E-state index contributed by atoms with van der Waals surface area (Å²) >= 11 is 0. The molecule has 0 bridgehead atoms.